The van der Waals surface area contributed by atoms with E-state index >= 15 is 0 Å². The highest BCUT2D eigenvalue weighted by molar-refractivity contribution is 5.71. The molecular weight excluding hydrogens is 697 g/mol. The molecule has 56 heavy (non-hydrogen) atoms. The van der Waals surface area contributed by atoms with Crippen LogP contribution in [0.2, 0.25) is 0 Å². The summed E-state index contributed by atoms with van der Waals surface area (Å²) >= 11 is 0. The van der Waals surface area contributed by atoms with Crippen molar-refractivity contribution in [2.45, 2.75) is 272 Å². The minimum Gasteiger partial charge on any atom is -0.462 e. The van der Waals surface area contributed by atoms with Crippen LogP contribution in [0.1, 0.15) is 266 Å². The van der Waals surface area contributed by atoms with E-state index in [0.29, 0.717) is 19.3 Å². The predicted octanol–water partition coefficient (Wildman–Crippen LogP) is 15.6. The Morgan fingerprint density at radius 3 is 0.768 bits per heavy atom. The molecule has 0 aromatic rings. The summed E-state index contributed by atoms with van der Waals surface area (Å²) < 4.78 is 16.7. The van der Waals surface area contributed by atoms with E-state index in [4.69, 9.17) is 14.2 Å². The molecule has 0 fully saturated rings. The topological polar surface area (TPSA) is 78.9 Å². The normalized spacial score (nSPS) is 12.2. The van der Waals surface area contributed by atoms with Crippen molar-refractivity contribution in [3.8, 4) is 0 Å². The van der Waals surface area contributed by atoms with Crippen molar-refractivity contribution < 1.29 is 28.6 Å². The van der Waals surface area contributed by atoms with Crippen LogP contribution >= 0.6 is 0 Å². The van der Waals surface area contributed by atoms with E-state index < -0.39 is 6.10 Å². The molecule has 6 heteroatoms. The zero-order valence-corrected chi connectivity index (χ0v) is 38.4. The van der Waals surface area contributed by atoms with E-state index in [9.17, 15) is 14.4 Å². The predicted molar refractivity (Wildman–Crippen MR) is 238 cm³/mol. The van der Waals surface area contributed by atoms with Crippen LogP contribution in [0.25, 0.3) is 0 Å². The van der Waals surface area contributed by atoms with Crippen LogP contribution in [0.3, 0.4) is 0 Å². The van der Waals surface area contributed by atoms with Crippen molar-refractivity contribution in [2.75, 3.05) is 13.2 Å². The number of unbranched alkanes of at least 4 members (excludes halogenated alkanes) is 26. The molecule has 6 nitrogen and oxygen atoms in total. The number of ether oxygens (including phenoxy) is 3. The van der Waals surface area contributed by atoms with Gasteiger partial charge < -0.3 is 14.2 Å². The molecule has 0 rings (SSSR count). The van der Waals surface area contributed by atoms with Gasteiger partial charge in [0.2, 0.25) is 0 Å². The largest absolute Gasteiger partial charge is 0.462 e. The molecule has 0 unspecified atom stereocenters. The lowest BCUT2D eigenvalue weighted by Gasteiger charge is -2.18. The Balaban J connectivity index is 4.26. The van der Waals surface area contributed by atoms with Gasteiger partial charge in [-0.25, -0.2) is 0 Å². The molecule has 332 valence electrons. The molecule has 0 heterocycles. The van der Waals surface area contributed by atoms with Gasteiger partial charge in [0.15, 0.2) is 6.10 Å². The van der Waals surface area contributed by atoms with Gasteiger partial charge in [-0.2, -0.15) is 0 Å². The van der Waals surface area contributed by atoms with Crippen LogP contribution in [0.5, 0.6) is 0 Å². The number of esters is 3. The first kappa shape index (κ1) is 54.4. The van der Waals surface area contributed by atoms with Gasteiger partial charge in [0, 0.05) is 19.3 Å². The minimum atomic E-state index is -0.762. The van der Waals surface area contributed by atoms with Crippen molar-refractivity contribution in [2.24, 2.45) is 17.8 Å². The molecule has 0 amide bonds. The van der Waals surface area contributed by atoms with Crippen LogP contribution in [-0.2, 0) is 28.6 Å². The standard InChI is InChI=1S/C50H96O6/c1-44(2)36-30-24-18-13-11-9-7-8-10-12-14-21-27-33-39-48(51)54-42-47(56-50(53)41-35-29-23-17-20-26-32-38-46(5)6)43-55-49(52)40-34-28-22-16-15-19-25-31-37-45(3)4/h44-47H,7-43H2,1-6H3/t47-/m0/s1. The summed E-state index contributed by atoms with van der Waals surface area (Å²) in [5.41, 5.74) is 0. The molecule has 0 saturated carbocycles. The molecule has 0 aromatic carbocycles. The zero-order chi connectivity index (χ0) is 41.3. The van der Waals surface area contributed by atoms with Gasteiger partial charge in [-0.1, -0.05) is 228 Å². The number of carbonyl (C=O) groups is 3. The zero-order valence-electron chi connectivity index (χ0n) is 38.4. The van der Waals surface area contributed by atoms with E-state index in [1.807, 2.05) is 0 Å². The van der Waals surface area contributed by atoms with Crippen LogP contribution < -0.4 is 0 Å². The summed E-state index contributed by atoms with van der Waals surface area (Å²) in [4.78, 5) is 37.8. The summed E-state index contributed by atoms with van der Waals surface area (Å²) in [6.07, 6.45) is 39.6. The highest BCUT2D eigenvalue weighted by atomic mass is 16.6. The van der Waals surface area contributed by atoms with Gasteiger partial charge in [-0.15, -0.1) is 0 Å². The second kappa shape index (κ2) is 41.6. The van der Waals surface area contributed by atoms with Crippen LogP contribution in [-0.4, -0.2) is 37.2 Å². The summed E-state index contributed by atoms with van der Waals surface area (Å²) in [5, 5.41) is 0. The Morgan fingerprint density at radius 1 is 0.304 bits per heavy atom. The van der Waals surface area contributed by atoms with Crippen LogP contribution in [0.15, 0.2) is 0 Å². The van der Waals surface area contributed by atoms with Crippen molar-refractivity contribution in [1.82, 2.24) is 0 Å². The van der Waals surface area contributed by atoms with Gasteiger partial charge in [-0.05, 0) is 37.0 Å². The SMILES string of the molecule is CC(C)CCCCCCCCCCCCCCCCC(=O)OC[C@@H](COC(=O)CCCCCCCCCCC(C)C)OC(=O)CCCCCCCCCC(C)C. The fourth-order valence-electron chi connectivity index (χ4n) is 7.41. The summed E-state index contributed by atoms with van der Waals surface area (Å²) in [7, 11) is 0. The van der Waals surface area contributed by atoms with E-state index in [0.717, 1.165) is 75.5 Å². The van der Waals surface area contributed by atoms with Crippen LogP contribution in [0.4, 0.5) is 0 Å². The summed E-state index contributed by atoms with van der Waals surface area (Å²) in [6.45, 7) is 13.6. The molecule has 0 aliphatic rings. The smallest absolute Gasteiger partial charge is 0.306 e. The monoisotopic (exact) mass is 793 g/mol. The van der Waals surface area contributed by atoms with E-state index in [2.05, 4.69) is 41.5 Å². The highest BCUT2D eigenvalue weighted by Gasteiger charge is 2.19. The van der Waals surface area contributed by atoms with Crippen molar-refractivity contribution in [3.63, 3.8) is 0 Å². The first-order chi connectivity index (χ1) is 27.1. The van der Waals surface area contributed by atoms with Crippen molar-refractivity contribution in [1.29, 1.82) is 0 Å². The van der Waals surface area contributed by atoms with Gasteiger partial charge in [-0.3, -0.25) is 14.4 Å². The Labute approximate surface area is 348 Å². The number of hydrogen-bond donors (Lipinski definition) is 0. The van der Waals surface area contributed by atoms with Crippen LogP contribution in [0, 0.1) is 17.8 Å². The quantitative estimate of drug-likeness (QED) is 0.0348. The second-order valence-corrected chi connectivity index (χ2v) is 18.5. The first-order valence-corrected chi connectivity index (χ1v) is 24.6. The lowest BCUT2D eigenvalue weighted by atomic mass is 10.0. The molecule has 0 aromatic heterocycles. The lowest BCUT2D eigenvalue weighted by Crippen LogP contribution is -2.30. The Morgan fingerprint density at radius 2 is 0.518 bits per heavy atom. The fraction of sp³-hybridized carbons (Fsp3) is 0.940. The van der Waals surface area contributed by atoms with E-state index in [1.165, 1.54) is 148 Å². The third kappa shape index (κ3) is 43.5. The Hall–Kier alpha value is -1.59. The maximum absolute atomic E-state index is 12.7. The van der Waals surface area contributed by atoms with Crippen molar-refractivity contribution >= 4 is 17.9 Å². The summed E-state index contributed by atoms with van der Waals surface area (Å²) in [5.74, 6) is 1.56. The van der Waals surface area contributed by atoms with E-state index in [1.54, 1.807) is 0 Å². The lowest BCUT2D eigenvalue weighted by molar-refractivity contribution is -0.167. The highest BCUT2D eigenvalue weighted by Crippen LogP contribution is 2.17. The van der Waals surface area contributed by atoms with Gasteiger partial charge in [0.25, 0.3) is 0 Å². The number of hydrogen-bond acceptors (Lipinski definition) is 6. The molecule has 0 spiro atoms. The van der Waals surface area contributed by atoms with E-state index in [-0.39, 0.29) is 31.1 Å². The molecule has 0 aliphatic carbocycles. The minimum absolute atomic E-state index is 0.0659. The van der Waals surface area contributed by atoms with Gasteiger partial charge >= 0.3 is 17.9 Å². The average Bonchev–Trinajstić information content (AvgIpc) is 3.15. The Bertz CT molecular complexity index is 868. The average molecular weight is 793 g/mol. The molecular formula is C50H96O6. The molecule has 0 aliphatic heterocycles. The Kier molecular flexibility index (Phi) is 40.4. The number of rotatable bonds is 43. The van der Waals surface area contributed by atoms with Crippen molar-refractivity contribution in [3.05, 3.63) is 0 Å². The molecule has 0 N–H and O–H groups in total. The van der Waals surface area contributed by atoms with Gasteiger partial charge in [0.05, 0.1) is 0 Å². The van der Waals surface area contributed by atoms with Gasteiger partial charge in [0.1, 0.15) is 13.2 Å². The first-order valence-electron chi connectivity index (χ1n) is 24.6. The second-order valence-electron chi connectivity index (χ2n) is 18.5. The summed E-state index contributed by atoms with van der Waals surface area (Å²) in [6, 6.07) is 0. The maximum Gasteiger partial charge on any atom is 0.306 e. The molecule has 0 radical (unpaired) electrons. The maximum atomic E-state index is 12.7. The molecule has 1 atom stereocenters. The molecule has 0 saturated heterocycles. The third-order valence-electron chi connectivity index (χ3n) is 11.1. The third-order valence-corrected chi connectivity index (χ3v) is 11.1. The number of carbonyl (C=O) groups excluding carboxylic acids is 3. The fourth-order valence-corrected chi connectivity index (χ4v) is 7.41. The molecule has 0 bridgehead atoms.